The van der Waals surface area contributed by atoms with Gasteiger partial charge in [0.1, 0.15) is 11.3 Å². The van der Waals surface area contributed by atoms with E-state index in [2.05, 4.69) is 24.0 Å². The summed E-state index contributed by atoms with van der Waals surface area (Å²) in [4.78, 5) is 4.42. The van der Waals surface area contributed by atoms with Gasteiger partial charge in [-0.25, -0.2) is 0 Å². The Morgan fingerprint density at radius 2 is 2.11 bits per heavy atom. The van der Waals surface area contributed by atoms with Gasteiger partial charge in [0.25, 0.3) is 0 Å². The van der Waals surface area contributed by atoms with Crippen molar-refractivity contribution < 1.29 is 4.74 Å². The summed E-state index contributed by atoms with van der Waals surface area (Å²) < 4.78 is 5.61. The molecule has 3 nitrogen and oxygen atoms in total. The van der Waals surface area contributed by atoms with Crippen molar-refractivity contribution in [3.05, 3.63) is 36.0 Å². The first-order valence-corrected chi connectivity index (χ1v) is 6.54. The van der Waals surface area contributed by atoms with Gasteiger partial charge >= 0.3 is 0 Å². The van der Waals surface area contributed by atoms with Crippen molar-refractivity contribution >= 4 is 10.9 Å². The second-order valence-electron chi connectivity index (χ2n) is 4.38. The Morgan fingerprint density at radius 3 is 2.83 bits per heavy atom. The molecule has 1 heterocycles. The van der Waals surface area contributed by atoms with Crippen LogP contribution in [0.1, 0.15) is 38.3 Å². The van der Waals surface area contributed by atoms with E-state index in [0.29, 0.717) is 6.61 Å². The summed E-state index contributed by atoms with van der Waals surface area (Å²) in [5, 5.41) is 1.10. The van der Waals surface area contributed by atoms with Crippen LogP contribution in [0, 0.1) is 0 Å². The van der Waals surface area contributed by atoms with Gasteiger partial charge in [-0.2, -0.15) is 0 Å². The molecule has 2 rings (SSSR count). The fourth-order valence-electron chi connectivity index (χ4n) is 2.23. The molecule has 0 fully saturated rings. The Morgan fingerprint density at radius 1 is 1.28 bits per heavy atom. The van der Waals surface area contributed by atoms with E-state index in [4.69, 9.17) is 10.5 Å². The highest BCUT2D eigenvalue weighted by atomic mass is 16.5. The number of aromatic nitrogens is 1. The number of nitrogens with two attached hydrogens (primary N) is 1. The molecule has 1 aromatic heterocycles. The molecule has 18 heavy (non-hydrogen) atoms. The first kappa shape index (κ1) is 12.8. The summed E-state index contributed by atoms with van der Waals surface area (Å²) in [5.41, 5.74) is 8.29. The van der Waals surface area contributed by atoms with E-state index in [1.165, 1.54) is 0 Å². The lowest BCUT2D eigenvalue weighted by molar-refractivity contribution is 0.343. The van der Waals surface area contributed by atoms with Gasteiger partial charge < -0.3 is 10.5 Å². The lowest BCUT2D eigenvalue weighted by atomic mass is 9.98. The van der Waals surface area contributed by atoms with Crippen molar-refractivity contribution in [1.82, 2.24) is 4.98 Å². The molecular formula is C15H20N2O. The minimum atomic E-state index is 0.0670. The quantitative estimate of drug-likeness (QED) is 0.876. The van der Waals surface area contributed by atoms with Crippen LogP contribution >= 0.6 is 0 Å². The highest BCUT2D eigenvalue weighted by Crippen LogP contribution is 2.30. The molecule has 96 valence electrons. The van der Waals surface area contributed by atoms with Crippen molar-refractivity contribution in [2.45, 2.75) is 32.7 Å². The van der Waals surface area contributed by atoms with Crippen molar-refractivity contribution in [1.29, 1.82) is 0 Å². The number of benzene rings is 1. The number of rotatable bonds is 5. The van der Waals surface area contributed by atoms with Gasteiger partial charge in [0.2, 0.25) is 0 Å². The average molecular weight is 244 g/mol. The maximum Gasteiger partial charge on any atom is 0.145 e. The SMILES string of the molecule is CCCC(N)c1ccc(OCC)c2ncccc12. The summed E-state index contributed by atoms with van der Waals surface area (Å²) in [6.07, 6.45) is 3.86. The second kappa shape index (κ2) is 5.83. The van der Waals surface area contributed by atoms with Gasteiger partial charge in [-0.3, -0.25) is 4.98 Å². The van der Waals surface area contributed by atoms with Crippen molar-refractivity contribution in [2.75, 3.05) is 6.61 Å². The molecule has 0 amide bonds. The molecule has 0 saturated carbocycles. The zero-order valence-electron chi connectivity index (χ0n) is 11.0. The smallest absolute Gasteiger partial charge is 0.145 e. The number of fused-ring (bicyclic) bond motifs is 1. The molecule has 2 aromatic rings. The van der Waals surface area contributed by atoms with Gasteiger partial charge in [-0.1, -0.05) is 25.5 Å². The van der Waals surface area contributed by atoms with E-state index in [9.17, 15) is 0 Å². The monoisotopic (exact) mass is 244 g/mol. The van der Waals surface area contributed by atoms with E-state index in [1.54, 1.807) is 6.20 Å². The molecule has 1 unspecified atom stereocenters. The minimum absolute atomic E-state index is 0.0670. The van der Waals surface area contributed by atoms with Crippen LogP contribution < -0.4 is 10.5 Å². The molecule has 0 bridgehead atoms. The first-order chi connectivity index (χ1) is 8.77. The summed E-state index contributed by atoms with van der Waals surface area (Å²) >= 11 is 0. The van der Waals surface area contributed by atoms with E-state index >= 15 is 0 Å². The molecule has 0 spiro atoms. The van der Waals surface area contributed by atoms with Crippen molar-refractivity contribution in [2.24, 2.45) is 5.73 Å². The molecule has 1 atom stereocenters. The zero-order chi connectivity index (χ0) is 13.0. The van der Waals surface area contributed by atoms with E-state index in [1.807, 2.05) is 19.1 Å². The number of pyridine rings is 1. The Labute approximate surface area is 108 Å². The van der Waals surface area contributed by atoms with Crippen molar-refractivity contribution in [3.8, 4) is 5.75 Å². The second-order valence-corrected chi connectivity index (χ2v) is 4.38. The van der Waals surface area contributed by atoms with Crippen LogP contribution in [-0.2, 0) is 0 Å². The molecule has 2 N–H and O–H groups in total. The Kier molecular flexibility index (Phi) is 4.15. The fraction of sp³-hybridized carbons (Fsp3) is 0.400. The molecule has 0 aliphatic heterocycles. The topological polar surface area (TPSA) is 48.1 Å². The molecule has 0 saturated heterocycles. The van der Waals surface area contributed by atoms with Gasteiger partial charge in [-0.15, -0.1) is 0 Å². The van der Waals surface area contributed by atoms with Gasteiger partial charge in [0.15, 0.2) is 0 Å². The van der Waals surface area contributed by atoms with Crippen LogP contribution in [0.3, 0.4) is 0 Å². The predicted molar refractivity (Wildman–Crippen MR) is 74.7 cm³/mol. The fourth-order valence-corrected chi connectivity index (χ4v) is 2.23. The normalized spacial score (nSPS) is 12.6. The van der Waals surface area contributed by atoms with Crippen LogP contribution in [0.4, 0.5) is 0 Å². The van der Waals surface area contributed by atoms with Crippen LogP contribution in [0.25, 0.3) is 10.9 Å². The van der Waals surface area contributed by atoms with Crippen molar-refractivity contribution in [3.63, 3.8) is 0 Å². The maximum atomic E-state index is 6.23. The largest absolute Gasteiger partial charge is 0.492 e. The van der Waals surface area contributed by atoms with Gasteiger partial charge in [0, 0.05) is 17.6 Å². The summed E-state index contributed by atoms with van der Waals surface area (Å²) in [6.45, 7) is 4.77. The Bertz CT molecular complexity index is 525. The first-order valence-electron chi connectivity index (χ1n) is 6.54. The number of hydrogen-bond acceptors (Lipinski definition) is 3. The van der Waals surface area contributed by atoms with Crippen LogP contribution in [0.5, 0.6) is 5.75 Å². The van der Waals surface area contributed by atoms with Crippen LogP contribution in [0.2, 0.25) is 0 Å². The summed E-state index contributed by atoms with van der Waals surface area (Å²) in [5.74, 6) is 0.834. The average Bonchev–Trinajstić information content (AvgIpc) is 2.39. The van der Waals surface area contributed by atoms with E-state index in [0.717, 1.165) is 35.1 Å². The molecule has 3 heteroatoms. The summed E-state index contributed by atoms with van der Waals surface area (Å²) in [6, 6.07) is 8.12. The highest BCUT2D eigenvalue weighted by molar-refractivity contribution is 5.87. The van der Waals surface area contributed by atoms with Crippen LogP contribution in [0.15, 0.2) is 30.5 Å². The zero-order valence-corrected chi connectivity index (χ0v) is 11.0. The molecular weight excluding hydrogens is 224 g/mol. The standard InChI is InChI=1S/C15H20N2O/c1-3-6-13(16)11-8-9-14(18-4-2)15-12(11)7-5-10-17-15/h5,7-10,13H,3-4,6,16H2,1-2H3. The molecule has 0 radical (unpaired) electrons. The lowest BCUT2D eigenvalue weighted by Crippen LogP contribution is -2.10. The number of hydrogen-bond donors (Lipinski definition) is 1. The lowest BCUT2D eigenvalue weighted by Gasteiger charge is -2.15. The molecule has 1 aromatic carbocycles. The van der Waals surface area contributed by atoms with Gasteiger partial charge in [-0.05, 0) is 31.0 Å². The third-order valence-electron chi connectivity index (χ3n) is 3.07. The third-order valence-corrected chi connectivity index (χ3v) is 3.07. The highest BCUT2D eigenvalue weighted by Gasteiger charge is 2.12. The Hall–Kier alpha value is -1.61. The molecule has 0 aliphatic rings. The van der Waals surface area contributed by atoms with E-state index < -0.39 is 0 Å². The third kappa shape index (κ3) is 2.46. The van der Waals surface area contributed by atoms with Gasteiger partial charge in [0.05, 0.1) is 6.61 Å². The maximum absolute atomic E-state index is 6.23. The van der Waals surface area contributed by atoms with E-state index in [-0.39, 0.29) is 6.04 Å². The predicted octanol–water partition coefficient (Wildman–Crippen LogP) is 3.43. The number of ether oxygens (including phenoxy) is 1. The van der Waals surface area contributed by atoms with Crippen LogP contribution in [-0.4, -0.2) is 11.6 Å². The molecule has 0 aliphatic carbocycles. The minimum Gasteiger partial charge on any atom is -0.492 e. The summed E-state index contributed by atoms with van der Waals surface area (Å²) in [7, 11) is 0. The number of nitrogens with zero attached hydrogens (tertiary/aromatic N) is 1. The Balaban J connectivity index is 2.53.